The molecule has 2 bridgehead atoms. The molecule has 1 aromatic carbocycles. The van der Waals surface area contributed by atoms with E-state index < -0.39 is 11.9 Å². The molecule has 0 spiro atoms. The average Bonchev–Trinajstić information content (AvgIpc) is 2.40. The van der Waals surface area contributed by atoms with Gasteiger partial charge in [0.2, 0.25) is 0 Å². The quantitative estimate of drug-likeness (QED) is 0.737. The second kappa shape index (κ2) is 2.83. The van der Waals surface area contributed by atoms with Crippen molar-refractivity contribution in [3.63, 3.8) is 0 Å². The van der Waals surface area contributed by atoms with Gasteiger partial charge < -0.3 is 10.2 Å². The van der Waals surface area contributed by atoms with E-state index in [1.807, 2.05) is 0 Å². The number of aromatic carboxylic acids is 2. The van der Waals surface area contributed by atoms with Gasteiger partial charge in [0.05, 0.1) is 11.1 Å². The molecule has 2 N–H and O–H groups in total. The van der Waals surface area contributed by atoms with Crippen LogP contribution in [0.15, 0.2) is 12.1 Å². The number of carbonyl (C=O) groups is 2. The Labute approximate surface area is 79.8 Å². The van der Waals surface area contributed by atoms with Gasteiger partial charge in [0.15, 0.2) is 0 Å². The van der Waals surface area contributed by atoms with Crippen molar-refractivity contribution < 1.29 is 19.8 Å². The van der Waals surface area contributed by atoms with E-state index in [4.69, 9.17) is 10.2 Å². The van der Waals surface area contributed by atoms with Gasteiger partial charge in [0.25, 0.3) is 0 Å². The second-order valence-electron chi connectivity index (χ2n) is 3.24. The molecular weight excluding hydrogens is 184 g/mol. The predicted octanol–water partition coefficient (Wildman–Crippen LogP) is 1.18. The van der Waals surface area contributed by atoms with E-state index in [2.05, 4.69) is 0 Å². The van der Waals surface area contributed by atoms with Crippen LogP contribution in [0.25, 0.3) is 0 Å². The molecule has 72 valence electrons. The predicted molar refractivity (Wildman–Crippen MR) is 47.8 cm³/mol. The number of benzene rings is 1. The van der Waals surface area contributed by atoms with Gasteiger partial charge in [-0.05, 0) is 30.0 Å². The summed E-state index contributed by atoms with van der Waals surface area (Å²) < 4.78 is 0. The molecule has 0 saturated heterocycles. The van der Waals surface area contributed by atoms with Gasteiger partial charge in [0, 0.05) is 0 Å². The molecule has 0 saturated carbocycles. The van der Waals surface area contributed by atoms with Crippen LogP contribution in [-0.2, 0) is 12.8 Å². The summed E-state index contributed by atoms with van der Waals surface area (Å²) in [5.41, 5.74) is 1.49. The van der Waals surface area contributed by atoms with Crippen LogP contribution in [0.4, 0.5) is 0 Å². The van der Waals surface area contributed by atoms with Gasteiger partial charge in [-0.15, -0.1) is 0 Å². The molecule has 0 aromatic heterocycles. The lowest BCUT2D eigenvalue weighted by atomic mass is 10.0. The Morgan fingerprint density at radius 1 is 1.07 bits per heavy atom. The van der Waals surface area contributed by atoms with Gasteiger partial charge in [0.1, 0.15) is 0 Å². The SMILES string of the molecule is O=C(O)c1ccc2c(C(=O)O)c1CC2. The molecule has 0 aliphatic heterocycles. The fourth-order valence-corrected chi connectivity index (χ4v) is 1.89. The third-order valence-electron chi connectivity index (χ3n) is 2.49. The Hall–Kier alpha value is -1.84. The zero-order valence-electron chi connectivity index (χ0n) is 7.28. The standard InChI is InChI=1S/C10H8O4/c11-9(12)7-4-2-5-1-3-6(7)8(5)10(13)14/h2,4H,1,3H2,(H,11,12)(H,13,14). The van der Waals surface area contributed by atoms with Crippen LogP contribution in [-0.4, -0.2) is 22.2 Å². The van der Waals surface area contributed by atoms with Crippen molar-refractivity contribution >= 4 is 11.9 Å². The monoisotopic (exact) mass is 192 g/mol. The van der Waals surface area contributed by atoms with Crippen molar-refractivity contribution in [1.82, 2.24) is 0 Å². The molecule has 2 rings (SSSR count). The summed E-state index contributed by atoms with van der Waals surface area (Å²) in [5.74, 6) is -2.09. The van der Waals surface area contributed by atoms with E-state index >= 15 is 0 Å². The van der Waals surface area contributed by atoms with Gasteiger partial charge in [-0.25, -0.2) is 9.59 Å². The van der Waals surface area contributed by atoms with Crippen LogP contribution in [0.3, 0.4) is 0 Å². The van der Waals surface area contributed by atoms with Crippen molar-refractivity contribution in [3.8, 4) is 0 Å². The minimum atomic E-state index is -1.06. The van der Waals surface area contributed by atoms with Crippen LogP contribution < -0.4 is 0 Å². The molecule has 0 amide bonds. The number of carboxylic acid groups (broad SMARTS) is 2. The third-order valence-corrected chi connectivity index (χ3v) is 2.49. The highest BCUT2D eigenvalue weighted by Crippen LogP contribution is 2.28. The summed E-state index contributed by atoms with van der Waals surface area (Å²) >= 11 is 0. The maximum atomic E-state index is 10.9. The van der Waals surface area contributed by atoms with Crippen LogP contribution in [0.5, 0.6) is 0 Å². The first-order chi connectivity index (χ1) is 6.61. The van der Waals surface area contributed by atoms with Crippen LogP contribution in [0, 0.1) is 0 Å². The Balaban J connectivity index is 2.68. The van der Waals surface area contributed by atoms with Crippen LogP contribution in [0.1, 0.15) is 31.8 Å². The molecule has 0 fully saturated rings. The fourth-order valence-electron chi connectivity index (χ4n) is 1.89. The molecule has 4 nitrogen and oxygen atoms in total. The smallest absolute Gasteiger partial charge is 0.336 e. The highest BCUT2D eigenvalue weighted by atomic mass is 16.4. The van der Waals surface area contributed by atoms with Crippen molar-refractivity contribution in [3.05, 3.63) is 34.4 Å². The first-order valence-electron chi connectivity index (χ1n) is 4.22. The molecule has 1 aliphatic rings. The molecule has 1 aromatic rings. The number of aryl methyl sites for hydroxylation is 1. The summed E-state index contributed by atoms with van der Waals surface area (Å²) in [6.45, 7) is 0. The summed E-state index contributed by atoms with van der Waals surface area (Å²) in [6.07, 6.45) is 1.15. The zero-order chi connectivity index (χ0) is 10.3. The molecule has 0 atom stereocenters. The lowest BCUT2D eigenvalue weighted by Crippen LogP contribution is -2.06. The highest BCUT2D eigenvalue weighted by Gasteiger charge is 2.26. The van der Waals surface area contributed by atoms with E-state index in [1.165, 1.54) is 6.07 Å². The van der Waals surface area contributed by atoms with E-state index in [9.17, 15) is 9.59 Å². The summed E-state index contributed by atoms with van der Waals surface area (Å²) in [7, 11) is 0. The number of rotatable bonds is 2. The maximum absolute atomic E-state index is 10.9. The summed E-state index contributed by atoms with van der Waals surface area (Å²) in [6, 6.07) is 3.07. The third kappa shape index (κ3) is 1.08. The number of carboxylic acids is 2. The lowest BCUT2D eigenvalue weighted by molar-refractivity contribution is 0.0695. The molecule has 4 heteroatoms. The van der Waals surface area contributed by atoms with E-state index in [-0.39, 0.29) is 11.1 Å². The summed E-state index contributed by atoms with van der Waals surface area (Å²) in [5, 5.41) is 17.7. The van der Waals surface area contributed by atoms with Gasteiger partial charge >= 0.3 is 11.9 Å². The number of fused-ring (bicyclic) bond motifs is 2. The van der Waals surface area contributed by atoms with Gasteiger partial charge in [-0.2, -0.15) is 0 Å². The Kier molecular flexibility index (Phi) is 1.77. The Bertz CT molecular complexity index is 434. The normalized spacial score (nSPS) is 12.9. The van der Waals surface area contributed by atoms with Gasteiger partial charge in [-0.3, -0.25) is 0 Å². The van der Waals surface area contributed by atoms with Gasteiger partial charge in [-0.1, -0.05) is 6.07 Å². The Morgan fingerprint density at radius 2 is 1.79 bits per heavy atom. The van der Waals surface area contributed by atoms with Crippen LogP contribution >= 0.6 is 0 Å². The van der Waals surface area contributed by atoms with E-state index in [0.29, 0.717) is 18.4 Å². The van der Waals surface area contributed by atoms with Crippen molar-refractivity contribution in [2.45, 2.75) is 12.8 Å². The summed E-state index contributed by atoms with van der Waals surface area (Å²) in [4.78, 5) is 21.7. The van der Waals surface area contributed by atoms with E-state index in [1.54, 1.807) is 6.07 Å². The number of hydrogen-bond donors (Lipinski definition) is 2. The minimum Gasteiger partial charge on any atom is -0.478 e. The minimum absolute atomic E-state index is 0.114. The van der Waals surface area contributed by atoms with Crippen molar-refractivity contribution in [2.24, 2.45) is 0 Å². The Morgan fingerprint density at radius 3 is 2.36 bits per heavy atom. The maximum Gasteiger partial charge on any atom is 0.336 e. The zero-order valence-corrected chi connectivity index (χ0v) is 7.28. The van der Waals surface area contributed by atoms with E-state index in [0.717, 1.165) is 5.56 Å². The molecule has 0 heterocycles. The number of hydrogen-bond acceptors (Lipinski definition) is 2. The molecule has 1 aliphatic carbocycles. The highest BCUT2D eigenvalue weighted by molar-refractivity contribution is 5.98. The topological polar surface area (TPSA) is 74.6 Å². The molecule has 14 heavy (non-hydrogen) atoms. The first kappa shape index (κ1) is 8.74. The van der Waals surface area contributed by atoms with Crippen LogP contribution in [0.2, 0.25) is 0 Å². The molecular formula is C10H8O4. The van der Waals surface area contributed by atoms with Crippen molar-refractivity contribution in [1.29, 1.82) is 0 Å². The average molecular weight is 192 g/mol. The first-order valence-corrected chi connectivity index (χ1v) is 4.22. The lowest BCUT2D eigenvalue weighted by Gasteiger charge is -2.03. The van der Waals surface area contributed by atoms with Crippen molar-refractivity contribution in [2.75, 3.05) is 0 Å². The second-order valence-corrected chi connectivity index (χ2v) is 3.24. The molecule has 0 radical (unpaired) electrons. The molecule has 0 unspecified atom stereocenters. The fraction of sp³-hybridized carbons (Fsp3) is 0.200. The largest absolute Gasteiger partial charge is 0.478 e.